The number of hydrogen-bond donors (Lipinski definition) is 1. The molecule has 0 unspecified atom stereocenters. The second-order valence-corrected chi connectivity index (χ2v) is 5.16. The number of halogens is 1. The van der Waals surface area contributed by atoms with Crippen LogP contribution in [-0.4, -0.2) is 9.55 Å². The lowest BCUT2D eigenvalue weighted by molar-refractivity contribution is 0.934. The van der Waals surface area contributed by atoms with E-state index in [-0.39, 0.29) is 0 Å². The highest BCUT2D eigenvalue weighted by molar-refractivity contribution is 6.32. The normalized spacial score (nSPS) is 11.0. The number of aromatic nitrogens is 2. The molecule has 1 aromatic carbocycles. The Morgan fingerprint density at radius 3 is 2.00 bits per heavy atom. The molecule has 0 aliphatic rings. The summed E-state index contributed by atoms with van der Waals surface area (Å²) in [5.74, 6) is 0.438. The number of benzene rings is 1. The minimum Gasteiger partial charge on any atom is -0.369 e. The van der Waals surface area contributed by atoms with Gasteiger partial charge in [0.15, 0.2) is 5.15 Å². The Kier molecular flexibility index (Phi) is 3.11. The van der Waals surface area contributed by atoms with Gasteiger partial charge in [0.05, 0.1) is 5.69 Å². The van der Waals surface area contributed by atoms with Gasteiger partial charge in [-0.15, -0.1) is 0 Å². The van der Waals surface area contributed by atoms with Crippen molar-refractivity contribution in [1.82, 2.24) is 9.55 Å². The lowest BCUT2D eigenvalue weighted by atomic mass is 9.92. The minimum absolute atomic E-state index is 0.438. The van der Waals surface area contributed by atoms with E-state index in [9.17, 15) is 0 Å². The van der Waals surface area contributed by atoms with Crippen LogP contribution in [0.3, 0.4) is 0 Å². The van der Waals surface area contributed by atoms with Gasteiger partial charge in [-0.05, 0) is 49.9 Å². The van der Waals surface area contributed by atoms with Gasteiger partial charge >= 0.3 is 0 Å². The van der Waals surface area contributed by atoms with Crippen molar-refractivity contribution in [3.05, 3.63) is 33.5 Å². The summed E-state index contributed by atoms with van der Waals surface area (Å²) in [6, 6.07) is 2.20. The van der Waals surface area contributed by atoms with E-state index in [1.807, 2.05) is 11.6 Å². The maximum absolute atomic E-state index is 6.22. The van der Waals surface area contributed by atoms with E-state index >= 15 is 0 Å². The first-order valence-electron chi connectivity index (χ1n) is 5.90. The predicted molar refractivity (Wildman–Crippen MR) is 77.0 cm³/mol. The third-order valence-electron chi connectivity index (χ3n) is 3.69. The first-order chi connectivity index (χ1) is 8.34. The summed E-state index contributed by atoms with van der Waals surface area (Å²) in [6.07, 6.45) is 0. The van der Waals surface area contributed by atoms with E-state index in [0.717, 1.165) is 11.3 Å². The van der Waals surface area contributed by atoms with Crippen LogP contribution in [0.5, 0.6) is 0 Å². The highest BCUT2D eigenvalue weighted by atomic mass is 35.5. The third kappa shape index (κ3) is 1.79. The van der Waals surface area contributed by atoms with Crippen molar-refractivity contribution in [2.24, 2.45) is 7.05 Å². The number of rotatable bonds is 1. The molecule has 2 aromatic rings. The highest BCUT2D eigenvalue weighted by Crippen LogP contribution is 2.36. The number of anilines is 1. The molecular formula is C14H18ClN3. The summed E-state index contributed by atoms with van der Waals surface area (Å²) in [4.78, 5) is 4.13. The molecule has 2 N–H and O–H groups in total. The zero-order valence-electron chi connectivity index (χ0n) is 11.4. The Morgan fingerprint density at radius 1 is 1.11 bits per heavy atom. The number of imidazole rings is 1. The number of nitrogens with zero attached hydrogens (tertiary/aromatic N) is 2. The summed E-state index contributed by atoms with van der Waals surface area (Å²) in [6.45, 7) is 8.44. The molecule has 0 spiro atoms. The Morgan fingerprint density at radius 2 is 1.61 bits per heavy atom. The minimum atomic E-state index is 0.438. The fourth-order valence-electron chi connectivity index (χ4n) is 2.32. The van der Waals surface area contributed by atoms with Crippen molar-refractivity contribution in [1.29, 1.82) is 0 Å². The Balaban J connectivity index is 2.87. The first kappa shape index (κ1) is 13.0. The van der Waals surface area contributed by atoms with Gasteiger partial charge in [0, 0.05) is 12.6 Å². The maximum Gasteiger partial charge on any atom is 0.201 e. The molecule has 0 radical (unpaired) electrons. The van der Waals surface area contributed by atoms with Gasteiger partial charge in [-0.2, -0.15) is 0 Å². The Labute approximate surface area is 113 Å². The molecule has 0 amide bonds. The highest BCUT2D eigenvalue weighted by Gasteiger charge is 2.19. The zero-order chi connectivity index (χ0) is 13.6. The molecule has 4 heteroatoms. The van der Waals surface area contributed by atoms with E-state index in [2.05, 4.69) is 38.7 Å². The second kappa shape index (κ2) is 4.32. The number of hydrogen-bond acceptors (Lipinski definition) is 2. The summed E-state index contributed by atoms with van der Waals surface area (Å²) in [7, 11) is 1.89. The molecule has 18 heavy (non-hydrogen) atoms. The molecule has 0 fully saturated rings. The van der Waals surface area contributed by atoms with Crippen molar-refractivity contribution in [3.8, 4) is 11.3 Å². The van der Waals surface area contributed by atoms with E-state index in [0.29, 0.717) is 11.1 Å². The number of nitrogens with two attached hydrogens (primary N) is 1. The van der Waals surface area contributed by atoms with Crippen LogP contribution in [0.1, 0.15) is 22.3 Å². The van der Waals surface area contributed by atoms with Crippen LogP contribution in [0.25, 0.3) is 11.3 Å². The number of aryl methyl sites for hydroxylation is 2. The van der Waals surface area contributed by atoms with Gasteiger partial charge in [0.1, 0.15) is 0 Å². The molecule has 0 saturated carbocycles. The fourth-order valence-corrected chi connectivity index (χ4v) is 2.63. The maximum atomic E-state index is 6.22. The van der Waals surface area contributed by atoms with E-state index in [4.69, 9.17) is 17.3 Å². The van der Waals surface area contributed by atoms with E-state index in [1.165, 1.54) is 22.3 Å². The molecule has 0 bridgehead atoms. The molecule has 96 valence electrons. The summed E-state index contributed by atoms with van der Waals surface area (Å²) in [5.41, 5.74) is 12.8. The smallest absolute Gasteiger partial charge is 0.201 e. The van der Waals surface area contributed by atoms with Crippen LogP contribution >= 0.6 is 11.6 Å². The summed E-state index contributed by atoms with van der Waals surface area (Å²) >= 11 is 6.22. The molecule has 0 atom stereocenters. The Bertz CT molecular complexity index is 600. The average molecular weight is 264 g/mol. The lowest BCUT2D eigenvalue weighted by Crippen LogP contribution is -2.02. The standard InChI is InChI=1S/C14H18ClN3/c1-7-6-8(2)10(4)11(9(7)3)12-13(15)17-14(16)18(12)5/h6H,1-5H3,(H2,16,17). The zero-order valence-corrected chi connectivity index (χ0v) is 12.2. The quantitative estimate of drug-likeness (QED) is 0.855. The topological polar surface area (TPSA) is 43.8 Å². The molecule has 3 nitrogen and oxygen atoms in total. The molecule has 2 rings (SSSR count). The second-order valence-electron chi connectivity index (χ2n) is 4.80. The first-order valence-corrected chi connectivity index (χ1v) is 6.27. The van der Waals surface area contributed by atoms with E-state index in [1.54, 1.807) is 0 Å². The van der Waals surface area contributed by atoms with Crippen molar-refractivity contribution in [2.75, 3.05) is 5.73 Å². The predicted octanol–water partition coefficient (Wildman–Crippen LogP) is 3.56. The SMILES string of the molecule is Cc1cc(C)c(C)c(-c2c(Cl)nc(N)n2C)c1C. The van der Waals surface area contributed by atoms with Gasteiger partial charge < -0.3 is 10.3 Å². The van der Waals surface area contributed by atoms with Crippen LogP contribution in [0, 0.1) is 27.7 Å². The van der Waals surface area contributed by atoms with Gasteiger partial charge in [0.25, 0.3) is 0 Å². The Hall–Kier alpha value is -1.48. The molecule has 1 heterocycles. The van der Waals surface area contributed by atoms with Crippen LogP contribution < -0.4 is 5.73 Å². The number of nitrogen functional groups attached to an aromatic ring is 1. The summed E-state index contributed by atoms with van der Waals surface area (Å²) < 4.78 is 1.84. The van der Waals surface area contributed by atoms with Crippen molar-refractivity contribution in [2.45, 2.75) is 27.7 Å². The monoisotopic (exact) mass is 263 g/mol. The summed E-state index contributed by atoms with van der Waals surface area (Å²) in [5, 5.41) is 0.464. The molecule has 0 aliphatic carbocycles. The molecular weight excluding hydrogens is 246 g/mol. The molecule has 1 aromatic heterocycles. The largest absolute Gasteiger partial charge is 0.369 e. The van der Waals surface area contributed by atoms with Crippen LogP contribution in [-0.2, 0) is 7.05 Å². The average Bonchev–Trinajstić information content (AvgIpc) is 2.53. The van der Waals surface area contributed by atoms with Gasteiger partial charge in [-0.25, -0.2) is 4.98 Å². The van der Waals surface area contributed by atoms with Crippen LogP contribution in [0.15, 0.2) is 6.07 Å². The van der Waals surface area contributed by atoms with Crippen molar-refractivity contribution >= 4 is 17.5 Å². The van der Waals surface area contributed by atoms with Gasteiger partial charge in [0.2, 0.25) is 5.95 Å². The third-order valence-corrected chi connectivity index (χ3v) is 3.95. The van der Waals surface area contributed by atoms with Crippen LogP contribution in [0.4, 0.5) is 5.95 Å². The van der Waals surface area contributed by atoms with Crippen molar-refractivity contribution in [3.63, 3.8) is 0 Å². The van der Waals surface area contributed by atoms with Crippen LogP contribution in [0.2, 0.25) is 5.15 Å². The molecule has 0 saturated heterocycles. The lowest BCUT2D eigenvalue weighted by Gasteiger charge is -2.16. The van der Waals surface area contributed by atoms with Gasteiger partial charge in [-0.1, -0.05) is 17.7 Å². The fraction of sp³-hybridized carbons (Fsp3) is 0.357. The van der Waals surface area contributed by atoms with Gasteiger partial charge in [-0.3, -0.25) is 0 Å². The van der Waals surface area contributed by atoms with E-state index < -0.39 is 0 Å². The van der Waals surface area contributed by atoms with Crippen molar-refractivity contribution < 1.29 is 0 Å². The molecule has 0 aliphatic heterocycles.